The first-order chi connectivity index (χ1) is 10.2. The average molecular weight is 326 g/mol. The molecule has 0 radical (unpaired) electrons. The molecule has 0 atom stereocenters. The quantitative estimate of drug-likeness (QED) is 0.768. The van der Waals surface area contributed by atoms with E-state index >= 15 is 0 Å². The summed E-state index contributed by atoms with van der Waals surface area (Å²) in [5.41, 5.74) is 0.906. The molecule has 4 nitrogen and oxygen atoms in total. The van der Waals surface area contributed by atoms with E-state index in [9.17, 15) is 4.39 Å². The molecular formula is C14H13ClFN3OS. The van der Waals surface area contributed by atoms with Crippen molar-refractivity contribution in [2.24, 2.45) is 0 Å². The number of fused-ring (bicyclic) bond motifs is 1. The first-order valence-electron chi connectivity index (χ1n) is 6.47. The SMILES string of the molecule is CCNCc1c(Oc2ccc(Cl)c(F)c2)nc2sccn12. The molecule has 2 heterocycles. The number of benzene rings is 1. The van der Waals surface area contributed by atoms with Crippen LogP contribution in [0.1, 0.15) is 12.6 Å². The number of aromatic nitrogens is 2. The summed E-state index contributed by atoms with van der Waals surface area (Å²) in [5.74, 6) is 0.341. The van der Waals surface area contributed by atoms with Crippen molar-refractivity contribution in [1.29, 1.82) is 0 Å². The molecule has 0 aliphatic rings. The summed E-state index contributed by atoms with van der Waals surface area (Å²) in [5, 5.41) is 5.28. The second-order valence-corrected chi connectivity index (χ2v) is 5.66. The van der Waals surface area contributed by atoms with E-state index in [1.165, 1.54) is 23.5 Å². The highest BCUT2D eigenvalue weighted by atomic mass is 35.5. The summed E-state index contributed by atoms with van der Waals surface area (Å²) in [6, 6.07) is 4.34. The van der Waals surface area contributed by atoms with Crippen LogP contribution >= 0.6 is 22.9 Å². The van der Waals surface area contributed by atoms with Gasteiger partial charge < -0.3 is 10.1 Å². The maximum atomic E-state index is 13.5. The Bertz CT molecular complexity index is 771. The van der Waals surface area contributed by atoms with Gasteiger partial charge in [-0.15, -0.1) is 11.3 Å². The molecular weight excluding hydrogens is 313 g/mol. The third kappa shape index (κ3) is 2.88. The largest absolute Gasteiger partial charge is 0.437 e. The molecule has 2 aromatic heterocycles. The van der Waals surface area contributed by atoms with Crippen molar-refractivity contribution in [3.05, 3.63) is 46.3 Å². The summed E-state index contributed by atoms with van der Waals surface area (Å²) < 4.78 is 21.2. The fourth-order valence-corrected chi connectivity index (χ4v) is 2.79. The van der Waals surface area contributed by atoms with E-state index in [1.807, 2.05) is 22.9 Å². The van der Waals surface area contributed by atoms with Gasteiger partial charge in [0.05, 0.1) is 5.02 Å². The first-order valence-corrected chi connectivity index (χ1v) is 7.73. The van der Waals surface area contributed by atoms with E-state index in [-0.39, 0.29) is 5.02 Å². The van der Waals surface area contributed by atoms with Gasteiger partial charge in [-0.3, -0.25) is 4.40 Å². The zero-order chi connectivity index (χ0) is 14.8. The highest BCUT2D eigenvalue weighted by Crippen LogP contribution is 2.29. The third-order valence-electron chi connectivity index (χ3n) is 2.97. The number of ether oxygens (including phenoxy) is 1. The zero-order valence-corrected chi connectivity index (χ0v) is 12.8. The molecule has 0 bridgehead atoms. The van der Waals surface area contributed by atoms with Crippen molar-refractivity contribution in [2.75, 3.05) is 6.54 Å². The van der Waals surface area contributed by atoms with Gasteiger partial charge >= 0.3 is 0 Å². The zero-order valence-electron chi connectivity index (χ0n) is 11.3. The number of halogens is 2. The van der Waals surface area contributed by atoms with E-state index < -0.39 is 5.82 Å². The molecule has 3 aromatic rings. The molecule has 110 valence electrons. The minimum atomic E-state index is -0.511. The number of thiazole rings is 1. The molecule has 1 aromatic carbocycles. The van der Waals surface area contributed by atoms with Gasteiger partial charge in [0, 0.05) is 24.2 Å². The number of nitrogens with zero attached hydrogens (tertiary/aromatic N) is 2. The summed E-state index contributed by atoms with van der Waals surface area (Å²) >= 11 is 7.19. The Hall–Kier alpha value is -1.63. The standard InChI is InChI=1S/C14H13ClFN3OS/c1-2-17-8-12-13(18-14-19(12)5-6-21-14)20-9-3-4-10(15)11(16)7-9/h3-7,17H,2,8H2,1H3. The predicted octanol–water partition coefficient (Wildman–Crippen LogP) is 4.09. The van der Waals surface area contributed by atoms with Crippen molar-refractivity contribution in [3.63, 3.8) is 0 Å². The maximum Gasteiger partial charge on any atom is 0.243 e. The van der Waals surface area contributed by atoms with Gasteiger partial charge in [0.1, 0.15) is 17.3 Å². The van der Waals surface area contributed by atoms with E-state index in [2.05, 4.69) is 10.3 Å². The van der Waals surface area contributed by atoms with Gasteiger partial charge in [0.25, 0.3) is 0 Å². The normalized spacial score (nSPS) is 11.2. The summed E-state index contributed by atoms with van der Waals surface area (Å²) in [6.45, 7) is 3.49. The maximum absolute atomic E-state index is 13.5. The van der Waals surface area contributed by atoms with E-state index in [0.29, 0.717) is 18.2 Å². The van der Waals surface area contributed by atoms with Crippen LogP contribution in [0.15, 0.2) is 29.8 Å². The second kappa shape index (κ2) is 6.01. The molecule has 21 heavy (non-hydrogen) atoms. The highest BCUT2D eigenvalue weighted by Gasteiger charge is 2.15. The average Bonchev–Trinajstić information content (AvgIpc) is 3.02. The van der Waals surface area contributed by atoms with Crippen LogP contribution < -0.4 is 10.1 Å². The monoisotopic (exact) mass is 325 g/mol. The number of imidazole rings is 1. The van der Waals surface area contributed by atoms with Crippen molar-refractivity contribution in [2.45, 2.75) is 13.5 Å². The second-order valence-electron chi connectivity index (χ2n) is 4.38. The van der Waals surface area contributed by atoms with Crippen molar-refractivity contribution in [1.82, 2.24) is 14.7 Å². The van der Waals surface area contributed by atoms with Crippen LogP contribution in [-0.2, 0) is 6.54 Å². The Morgan fingerprint density at radius 3 is 3.10 bits per heavy atom. The lowest BCUT2D eigenvalue weighted by Crippen LogP contribution is -2.13. The molecule has 3 rings (SSSR count). The lowest BCUT2D eigenvalue weighted by molar-refractivity contribution is 0.451. The van der Waals surface area contributed by atoms with Crippen molar-refractivity contribution in [3.8, 4) is 11.6 Å². The summed E-state index contributed by atoms with van der Waals surface area (Å²) in [7, 11) is 0. The topological polar surface area (TPSA) is 38.6 Å². The molecule has 0 unspecified atom stereocenters. The molecule has 7 heteroatoms. The molecule has 1 N–H and O–H groups in total. The molecule has 0 amide bonds. The number of nitrogens with one attached hydrogen (secondary N) is 1. The number of hydrogen-bond donors (Lipinski definition) is 1. The molecule has 0 fully saturated rings. The third-order valence-corrected chi connectivity index (χ3v) is 4.04. The van der Waals surface area contributed by atoms with Gasteiger partial charge in [-0.2, -0.15) is 4.98 Å². The van der Waals surface area contributed by atoms with Gasteiger partial charge in [-0.05, 0) is 18.7 Å². The Labute approximate surface area is 130 Å². The van der Waals surface area contributed by atoms with Crippen LogP contribution in [0.3, 0.4) is 0 Å². The summed E-state index contributed by atoms with van der Waals surface area (Å²) in [4.78, 5) is 5.28. The van der Waals surface area contributed by atoms with Gasteiger partial charge in [-0.1, -0.05) is 18.5 Å². The molecule has 0 aliphatic carbocycles. The van der Waals surface area contributed by atoms with Crippen LogP contribution in [0.25, 0.3) is 4.96 Å². The predicted molar refractivity (Wildman–Crippen MR) is 81.9 cm³/mol. The minimum absolute atomic E-state index is 0.0704. The first kappa shape index (κ1) is 14.3. The Morgan fingerprint density at radius 1 is 1.48 bits per heavy atom. The van der Waals surface area contributed by atoms with Crippen LogP contribution in [0.2, 0.25) is 5.02 Å². The van der Waals surface area contributed by atoms with Gasteiger partial charge in [0.2, 0.25) is 5.88 Å². The van der Waals surface area contributed by atoms with Crippen LogP contribution in [-0.4, -0.2) is 15.9 Å². The lowest BCUT2D eigenvalue weighted by atomic mass is 10.3. The fraction of sp³-hybridized carbons (Fsp3) is 0.214. The molecule has 0 saturated heterocycles. The fourth-order valence-electron chi connectivity index (χ4n) is 1.95. The van der Waals surface area contributed by atoms with Crippen LogP contribution in [0.5, 0.6) is 11.6 Å². The van der Waals surface area contributed by atoms with Crippen LogP contribution in [0.4, 0.5) is 4.39 Å². The lowest BCUT2D eigenvalue weighted by Gasteiger charge is -2.07. The number of rotatable bonds is 5. The van der Waals surface area contributed by atoms with Gasteiger partial charge in [-0.25, -0.2) is 4.39 Å². The summed E-state index contributed by atoms with van der Waals surface area (Å²) in [6.07, 6.45) is 1.94. The van der Waals surface area contributed by atoms with Crippen LogP contribution in [0, 0.1) is 5.82 Å². The molecule has 0 aliphatic heterocycles. The Morgan fingerprint density at radius 2 is 2.33 bits per heavy atom. The van der Waals surface area contributed by atoms with E-state index in [1.54, 1.807) is 6.07 Å². The molecule has 0 spiro atoms. The van der Waals surface area contributed by atoms with Gasteiger partial charge in [0.15, 0.2) is 4.96 Å². The van der Waals surface area contributed by atoms with Crippen molar-refractivity contribution >= 4 is 27.9 Å². The Kier molecular flexibility index (Phi) is 4.10. The highest BCUT2D eigenvalue weighted by molar-refractivity contribution is 7.15. The van der Waals surface area contributed by atoms with E-state index in [0.717, 1.165) is 17.2 Å². The van der Waals surface area contributed by atoms with E-state index in [4.69, 9.17) is 16.3 Å². The molecule has 0 saturated carbocycles. The number of hydrogen-bond acceptors (Lipinski definition) is 4. The Balaban J connectivity index is 1.94. The van der Waals surface area contributed by atoms with Crippen molar-refractivity contribution < 1.29 is 9.13 Å². The smallest absolute Gasteiger partial charge is 0.243 e. The minimum Gasteiger partial charge on any atom is -0.437 e.